The largest absolute Gasteiger partial charge is 0.478 e. The Balaban J connectivity index is 2.02. The lowest BCUT2D eigenvalue weighted by Gasteiger charge is -2.20. The van der Waals surface area contributed by atoms with Gasteiger partial charge < -0.3 is 9.84 Å². The third-order valence-electron chi connectivity index (χ3n) is 8.37. The van der Waals surface area contributed by atoms with Crippen molar-refractivity contribution < 1.29 is 19.4 Å². The molecule has 0 aromatic heterocycles. The predicted molar refractivity (Wildman–Crippen MR) is 156 cm³/mol. The summed E-state index contributed by atoms with van der Waals surface area (Å²) in [6.07, 6.45) is 31.9. The van der Waals surface area contributed by atoms with Crippen LogP contribution in [0.1, 0.15) is 154 Å². The van der Waals surface area contributed by atoms with E-state index in [9.17, 15) is 14.7 Å². The Kier molecular flexibility index (Phi) is 14.6. The minimum Gasteiger partial charge on any atom is -0.478 e. The van der Waals surface area contributed by atoms with Crippen molar-refractivity contribution in [3.63, 3.8) is 0 Å². The van der Waals surface area contributed by atoms with E-state index in [2.05, 4.69) is 18.2 Å². The Bertz CT molecular complexity index is 873. The first-order valence-corrected chi connectivity index (χ1v) is 15.9. The Hall–Kier alpha value is -2.10. The second-order valence-corrected chi connectivity index (χ2v) is 11.6. The van der Waals surface area contributed by atoms with Crippen molar-refractivity contribution in [2.75, 3.05) is 0 Å². The van der Waals surface area contributed by atoms with Gasteiger partial charge in [0.05, 0.1) is 11.1 Å². The third kappa shape index (κ3) is 10.9. The van der Waals surface area contributed by atoms with Crippen molar-refractivity contribution in [3.05, 3.63) is 46.3 Å². The first kappa shape index (κ1) is 30.4. The van der Waals surface area contributed by atoms with Gasteiger partial charge >= 0.3 is 11.9 Å². The zero-order valence-corrected chi connectivity index (χ0v) is 23.9. The Morgan fingerprint density at radius 1 is 0.500 bits per heavy atom. The molecule has 0 bridgehead atoms. The van der Waals surface area contributed by atoms with Gasteiger partial charge in [0.15, 0.2) is 0 Å². The molecule has 3 aliphatic carbocycles. The van der Waals surface area contributed by atoms with Crippen molar-refractivity contribution in [1.29, 1.82) is 0 Å². The number of esters is 1. The summed E-state index contributed by atoms with van der Waals surface area (Å²) in [5, 5.41) is 10.6. The molecule has 212 valence electrons. The van der Waals surface area contributed by atoms with E-state index >= 15 is 0 Å². The fourth-order valence-electron chi connectivity index (χ4n) is 6.12. The van der Waals surface area contributed by atoms with Gasteiger partial charge in [-0.15, -0.1) is 0 Å². The van der Waals surface area contributed by atoms with Crippen LogP contribution in [0.2, 0.25) is 0 Å². The van der Waals surface area contributed by atoms with Crippen molar-refractivity contribution >= 4 is 11.9 Å². The minimum absolute atomic E-state index is 0.208. The maximum absolute atomic E-state index is 14.0. The van der Waals surface area contributed by atoms with E-state index < -0.39 is 11.9 Å². The maximum atomic E-state index is 14.0. The first-order valence-electron chi connectivity index (χ1n) is 15.9. The molecule has 38 heavy (non-hydrogen) atoms. The molecule has 0 aliphatic heterocycles. The van der Waals surface area contributed by atoms with Crippen LogP contribution in [-0.2, 0) is 14.3 Å². The lowest BCUT2D eigenvalue weighted by atomic mass is 9.87. The molecule has 3 rings (SSSR count). The van der Waals surface area contributed by atoms with Crippen LogP contribution in [-0.4, -0.2) is 17.0 Å². The van der Waals surface area contributed by atoms with Crippen LogP contribution in [0.5, 0.6) is 0 Å². The number of rotatable bonds is 5. The van der Waals surface area contributed by atoms with Crippen molar-refractivity contribution in [3.8, 4) is 0 Å². The van der Waals surface area contributed by atoms with Gasteiger partial charge in [0.25, 0.3) is 0 Å². The Morgan fingerprint density at radius 2 is 0.895 bits per heavy atom. The van der Waals surface area contributed by atoms with E-state index in [1.165, 1.54) is 57.8 Å². The number of aliphatic carboxylic acids is 1. The van der Waals surface area contributed by atoms with E-state index in [1.807, 2.05) is 0 Å². The molecule has 0 saturated carbocycles. The van der Waals surface area contributed by atoms with Crippen molar-refractivity contribution in [1.82, 2.24) is 0 Å². The SMILES string of the molecule is O=C(O)C(=C(C(=O)O/C1=C/CCCCCCCC1)/C1=C/CCCCCCCC1)/C1=C/CCCCCCCC1. The second kappa shape index (κ2) is 18.2. The summed E-state index contributed by atoms with van der Waals surface area (Å²) >= 11 is 0. The Morgan fingerprint density at radius 3 is 1.39 bits per heavy atom. The number of carboxylic acid groups (broad SMARTS) is 1. The molecule has 0 fully saturated rings. The highest BCUT2D eigenvalue weighted by Gasteiger charge is 2.28. The number of ether oxygens (including phenoxy) is 1. The molecule has 0 saturated heterocycles. The summed E-state index contributed by atoms with van der Waals surface area (Å²) in [5.41, 5.74) is 2.27. The summed E-state index contributed by atoms with van der Waals surface area (Å²) in [6, 6.07) is 0. The minimum atomic E-state index is -0.988. The smallest absolute Gasteiger partial charge is 0.344 e. The van der Waals surface area contributed by atoms with E-state index in [-0.39, 0.29) is 5.57 Å². The molecule has 0 unspecified atom stereocenters. The average molecular weight is 525 g/mol. The molecule has 0 aromatic rings. The lowest BCUT2D eigenvalue weighted by molar-refractivity contribution is -0.137. The highest BCUT2D eigenvalue weighted by molar-refractivity contribution is 6.06. The molecular formula is C34H52O4. The van der Waals surface area contributed by atoms with Crippen molar-refractivity contribution in [2.45, 2.75) is 154 Å². The van der Waals surface area contributed by atoms with Gasteiger partial charge in [-0.1, -0.05) is 89.2 Å². The standard InChI is InChI=1S/C34H52O4/c35-33(36)31(28-22-16-10-4-1-5-11-17-23-28)32(29-24-18-12-6-2-7-13-19-25-29)34(37)38-30-26-20-14-8-3-9-15-21-27-30/h22,24,26H,1-21,23,25,27H2,(H,35,36)/b28-22+,29-24+,30-26+,32-31-. The highest BCUT2D eigenvalue weighted by Crippen LogP contribution is 2.33. The van der Waals surface area contributed by atoms with E-state index in [1.54, 1.807) is 0 Å². The lowest BCUT2D eigenvalue weighted by Crippen LogP contribution is -2.18. The molecule has 0 spiro atoms. The quantitative estimate of drug-likeness (QED) is 0.287. The first-order chi connectivity index (χ1) is 18.7. The molecule has 4 nitrogen and oxygen atoms in total. The van der Waals surface area contributed by atoms with Gasteiger partial charge in [0, 0.05) is 6.42 Å². The molecule has 0 atom stereocenters. The highest BCUT2D eigenvalue weighted by atomic mass is 16.5. The normalized spacial score (nSPS) is 26.6. The number of carboxylic acids is 1. The van der Waals surface area contributed by atoms with Crippen molar-refractivity contribution in [2.24, 2.45) is 0 Å². The van der Waals surface area contributed by atoms with E-state index in [0.717, 1.165) is 107 Å². The fourth-order valence-corrected chi connectivity index (χ4v) is 6.12. The van der Waals surface area contributed by atoms with Crippen LogP contribution in [0.25, 0.3) is 0 Å². The summed E-state index contributed by atoms with van der Waals surface area (Å²) < 4.78 is 6.12. The van der Waals surface area contributed by atoms with Crippen LogP contribution < -0.4 is 0 Å². The molecule has 1 N–H and O–H groups in total. The van der Waals surface area contributed by atoms with Crippen LogP contribution in [0.4, 0.5) is 0 Å². The van der Waals surface area contributed by atoms with Gasteiger partial charge in [-0.3, -0.25) is 0 Å². The van der Waals surface area contributed by atoms with E-state index in [4.69, 9.17) is 4.74 Å². The van der Waals surface area contributed by atoms with Crippen LogP contribution >= 0.6 is 0 Å². The van der Waals surface area contributed by atoms with Gasteiger partial charge in [-0.2, -0.15) is 0 Å². The molecule has 4 heteroatoms. The van der Waals surface area contributed by atoms with Crippen LogP contribution in [0.15, 0.2) is 46.3 Å². The monoisotopic (exact) mass is 524 g/mol. The number of hydrogen-bond acceptors (Lipinski definition) is 3. The van der Waals surface area contributed by atoms with E-state index in [0.29, 0.717) is 12.0 Å². The summed E-state index contributed by atoms with van der Waals surface area (Å²) in [5.74, 6) is -0.704. The molecule has 0 amide bonds. The summed E-state index contributed by atoms with van der Waals surface area (Å²) in [7, 11) is 0. The van der Waals surface area contributed by atoms with Crippen LogP contribution in [0, 0.1) is 0 Å². The number of carbonyl (C=O) groups is 2. The predicted octanol–water partition coefficient (Wildman–Crippen LogP) is 10.1. The number of hydrogen-bond donors (Lipinski definition) is 1. The molecule has 0 aromatic carbocycles. The third-order valence-corrected chi connectivity index (χ3v) is 8.37. The summed E-state index contributed by atoms with van der Waals surface area (Å²) in [4.78, 5) is 27.0. The average Bonchev–Trinajstić information content (AvgIpc) is 2.92. The fraction of sp³-hybridized carbons (Fsp3) is 0.706. The Labute approximate surface area is 231 Å². The van der Waals surface area contributed by atoms with Gasteiger partial charge in [0.1, 0.15) is 5.76 Å². The second-order valence-electron chi connectivity index (χ2n) is 11.6. The van der Waals surface area contributed by atoms with Crippen LogP contribution in [0.3, 0.4) is 0 Å². The molecule has 0 radical (unpaired) electrons. The van der Waals surface area contributed by atoms with Gasteiger partial charge in [-0.25, -0.2) is 9.59 Å². The number of allylic oxidation sites excluding steroid dienone is 4. The molecule has 0 heterocycles. The number of carbonyl (C=O) groups excluding carboxylic acids is 1. The molecule has 3 aliphatic rings. The molecular weight excluding hydrogens is 472 g/mol. The zero-order chi connectivity index (χ0) is 26.8. The van der Waals surface area contributed by atoms with Gasteiger partial charge in [-0.05, 0) is 87.9 Å². The topological polar surface area (TPSA) is 63.6 Å². The van der Waals surface area contributed by atoms with Gasteiger partial charge in [0.2, 0.25) is 0 Å². The maximum Gasteiger partial charge on any atom is 0.344 e. The summed E-state index contributed by atoms with van der Waals surface area (Å²) in [6.45, 7) is 0. The zero-order valence-electron chi connectivity index (χ0n) is 23.9.